The lowest BCUT2D eigenvalue weighted by molar-refractivity contribution is 0.101. The number of nitrogens with one attached hydrogen (secondary N) is 1. The molecule has 0 unspecified atom stereocenters. The number of rotatable bonds is 7. The zero-order valence-electron chi connectivity index (χ0n) is 13.1. The van der Waals surface area contributed by atoms with Gasteiger partial charge in [0, 0.05) is 5.56 Å². The molecular weight excluding hydrogens is 286 g/mol. The molecule has 0 saturated heterocycles. The first-order valence-electron chi connectivity index (χ1n) is 7.26. The first-order chi connectivity index (χ1) is 10.5. The van der Waals surface area contributed by atoms with Crippen LogP contribution in [0.5, 0.6) is 11.5 Å². The summed E-state index contributed by atoms with van der Waals surface area (Å²) in [4.78, 5) is 22.9. The largest absolute Gasteiger partial charge is 0.493 e. The predicted molar refractivity (Wildman–Crippen MR) is 80.6 cm³/mol. The standard InChI is InChI=1S/C16H21NO5/c1-4-21-15(19)17-16(7-8-16)10-22-13-6-5-12(11(2)18)9-14(13)20-3/h5-6,9H,4,7-8,10H2,1-3H3,(H,17,19). The number of alkyl carbamates (subject to hydrolysis) is 1. The quantitative estimate of drug-likeness (QED) is 0.784. The third kappa shape index (κ3) is 3.90. The van der Waals surface area contributed by atoms with Crippen LogP contribution in [0.3, 0.4) is 0 Å². The van der Waals surface area contributed by atoms with E-state index in [1.54, 1.807) is 25.1 Å². The molecule has 1 amide bonds. The Kier molecular flexibility index (Phi) is 4.90. The zero-order chi connectivity index (χ0) is 16.2. The van der Waals surface area contributed by atoms with Gasteiger partial charge in [-0.05, 0) is 44.9 Å². The Hall–Kier alpha value is -2.24. The summed E-state index contributed by atoms with van der Waals surface area (Å²) in [6, 6.07) is 5.05. The normalized spacial score (nSPS) is 14.9. The molecule has 1 aliphatic carbocycles. The molecule has 0 atom stereocenters. The van der Waals surface area contributed by atoms with E-state index < -0.39 is 6.09 Å². The maximum absolute atomic E-state index is 11.5. The number of benzene rings is 1. The third-order valence-electron chi connectivity index (χ3n) is 3.57. The first kappa shape index (κ1) is 16.1. The molecule has 1 saturated carbocycles. The Labute approximate surface area is 129 Å². The second-order valence-electron chi connectivity index (χ2n) is 5.34. The summed E-state index contributed by atoms with van der Waals surface area (Å²) in [7, 11) is 1.52. The van der Waals surface area contributed by atoms with Crippen molar-refractivity contribution in [3.05, 3.63) is 23.8 Å². The molecule has 22 heavy (non-hydrogen) atoms. The number of Topliss-reactive ketones (excluding diaryl/α,β-unsaturated/α-hetero) is 1. The van der Waals surface area contributed by atoms with E-state index in [1.165, 1.54) is 14.0 Å². The van der Waals surface area contributed by atoms with Crippen molar-refractivity contribution in [2.45, 2.75) is 32.2 Å². The highest BCUT2D eigenvalue weighted by Crippen LogP contribution is 2.37. The van der Waals surface area contributed by atoms with Gasteiger partial charge in [-0.15, -0.1) is 0 Å². The van der Waals surface area contributed by atoms with Crippen molar-refractivity contribution < 1.29 is 23.8 Å². The number of ketones is 1. The highest BCUT2D eigenvalue weighted by molar-refractivity contribution is 5.94. The topological polar surface area (TPSA) is 73.9 Å². The van der Waals surface area contributed by atoms with Crippen LogP contribution in [-0.2, 0) is 4.74 Å². The Morgan fingerprint density at radius 3 is 2.55 bits per heavy atom. The van der Waals surface area contributed by atoms with Gasteiger partial charge < -0.3 is 19.5 Å². The molecule has 0 spiro atoms. The van der Waals surface area contributed by atoms with Gasteiger partial charge in [0.25, 0.3) is 0 Å². The number of hydrogen-bond acceptors (Lipinski definition) is 5. The minimum absolute atomic E-state index is 0.0347. The summed E-state index contributed by atoms with van der Waals surface area (Å²) in [6.45, 7) is 3.93. The molecule has 1 aromatic rings. The summed E-state index contributed by atoms with van der Waals surface area (Å²) in [5.74, 6) is 1.01. The average Bonchev–Trinajstić information content (AvgIpc) is 3.24. The fourth-order valence-electron chi connectivity index (χ4n) is 2.06. The van der Waals surface area contributed by atoms with Crippen molar-refractivity contribution in [1.29, 1.82) is 0 Å². The van der Waals surface area contributed by atoms with E-state index in [0.717, 1.165) is 12.8 Å². The zero-order valence-corrected chi connectivity index (χ0v) is 13.1. The van der Waals surface area contributed by atoms with E-state index in [4.69, 9.17) is 14.2 Å². The van der Waals surface area contributed by atoms with Crippen molar-refractivity contribution in [3.8, 4) is 11.5 Å². The number of hydrogen-bond donors (Lipinski definition) is 1. The van der Waals surface area contributed by atoms with Gasteiger partial charge in [0.05, 0.1) is 19.3 Å². The van der Waals surface area contributed by atoms with Gasteiger partial charge in [0.1, 0.15) is 6.61 Å². The Bertz CT molecular complexity index is 566. The summed E-state index contributed by atoms with van der Waals surface area (Å²) >= 11 is 0. The molecule has 120 valence electrons. The molecule has 1 aromatic carbocycles. The van der Waals surface area contributed by atoms with Crippen LogP contribution < -0.4 is 14.8 Å². The number of ether oxygens (including phenoxy) is 3. The maximum atomic E-state index is 11.5. The van der Waals surface area contributed by atoms with Gasteiger partial charge >= 0.3 is 6.09 Å². The lowest BCUT2D eigenvalue weighted by atomic mass is 10.1. The monoisotopic (exact) mass is 307 g/mol. The van der Waals surface area contributed by atoms with E-state index in [1.807, 2.05) is 0 Å². The van der Waals surface area contributed by atoms with Crippen LogP contribution in [0.4, 0.5) is 4.79 Å². The van der Waals surface area contributed by atoms with Crippen molar-refractivity contribution >= 4 is 11.9 Å². The Morgan fingerprint density at radius 2 is 2.00 bits per heavy atom. The van der Waals surface area contributed by atoms with Crippen LogP contribution in [0.15, 0.2) is 18.2 Å². The minimum atomic E-state index is -0.428. The van der Waals surface area contributed by atoms with E-state index in [0.29, 0.717) is 30.3 Å². The molecule has 0 bridgehead atoms. The van der Waals surface area contributed by atoms with Crippen LogP contribution >= 0.6 is 0 Å². The fourth-order valence-corrected chi connectivity index (χ4v) is 2.06. The number of methoxy groups -OCH3 is 1. The molecule has 1 fully saturated rings. The summed E-state index contributed by atoms with van der Waals surface area (Å²) < 4.78 is 15.9. The van der Waals surface area contributed by atoms with Crippen LogP contribution in [0.25, 0.3) is 0 Å². The van der Waals surface area contributed by atoms with E-state index in [2.05, 4.69) is 5.32 Å². The van der Waals surface area contributed by atoms with Crippen LogP contribution in [0.2, 0.25) is 0 Å². The number of carbonyl (C=O) groups excluding carboxylic acids is 2. The minimum Gasteiger partial charge on any atom is -0.493 e. The van der Waals surface area contributed by atoms with Gasteiger partial charge in [-0.2, -0.15) is 0 Å². The van der Waals surface area contributed by atoms with Crippen LogP contribution in [0, 0.1) is 0 Å². The Balaban J connectivity index is 1.99. The summed E-state index contributed by atoms with van der Waals surface area (Å²) in [5, 5.41) is 2.82. The molecule has 0 heterocycles. The van der Waals surface area contributed by atoms with Gasteiger partial charge in [0.15, 0.2) is 17.3 Å². The number of amides is 1. The van der Waals surface area contributed by atoms with E-state index in [9.17, 15) is 9.59 Å². The highest BCUT2D eigenvalue weighted by Gasteiger charge is 2.45. The van der Waals surface area contributed by atoms with Crippen molar-refractivity contribution in [1.82, 2.24) is 5.32 Å². The molecule has 6 heteroatoms. The second kappa shape index (κ2) is 6.68. The molecule has 0 radical (unpaired) electrons. The number of carbonyl (C=O) groups is 2. The smallest absolute Gasteiger partial charge is 0.407 e. The van der Waals surface area contributed by atoms with Crippen molar-refractivity contribution in [2.24, 2.45) is 0 Å². The molecule has 2 rings (SSSR count). The van der Waals surface area contributed by atoms with Crippen molar-refractivity contribution in [3.63, 3.8) is 0 Å². The predicted octanol–water partition coefficient (Wildman–Crippen LogP) is 2.56. The van der Waals surface area contributed by atoms with Crippen molar-refractivity contribution in [2.75, 3.05) is 20.3 Å². The van der Waals surface area contributed by atoms with Crippen LogP contribution in [-0.4, -0.2) is 37.7 Å². The van der Waals surface area contributed by atoms with E-state index >= 15 is 0 Å². The van der Waals surface area contributed by atoms with Gasteiger partial charge in [-0.25, -0.2) is 4.79 Å². The SMILES string of the molecule is CCOC(=O)NC1(COc2ccc(C(C)=O)cc2OC)CC1. The van der Waals surface area contributed by atoms with E-state index in [-0.39, 0.29) is 11.3 Å². The lowest BCUT2D eigenvalue weighted by Gasteiger charge is -2.19. The van der Waals surface area contributed by atoms with Crippen LogP contribution in [0.1, 0.15) is 37.0 Å². The average molecular weight is 307 g/mol. The molecule has 1 aliphatic rings. The second-order valence-corrected chi connectivity index (χ2v) is 5.34. The summed E-state index contributed by atoms with van der Waals surface area (Å²) in [6.07, 6.45) is 1.27. The molecule has 0 aromatic heterocycles. The van der Waals surface area contributed by atoms with Gasteiger partial charge in [-0.1, -0.05) is 0 Å². The molecule has 1 N–H and O–H groups in total. The maximum Gasteiger partial charge on any atom is 0.407 e. The Morgan fingerprint density at radius 1 is 1.27 bits per heavy atom. The van der Waals surface area contributed by atoms with Gasteiger partial charge in [-0.3, -0.25) is 4.79 Å². The third-order valence-corrected chi connectivity index (χ3v) is 3.57. The highest BCUT2D eigenvalue weighted by atomic mass is 16.5. The lowest BCUT2D eigenvalue weighted by Crippen LogP contribution is -2.41. The molecule has 0 aliphatic heterocycles. The fraction of sp³-hybridized carbons (Fsp3) is 0.500. The molecular formula is C16H21NO5. The van der Waals surface area contributed by atoms with Gasteiger partial charge in [0.2, 0.25) is 0 Å². The summed E-state index contributed by atoms with van der Waals surface area (Å²) in [5.41, 5.74) is 0.200. The first-order valence-corrected chi connectivity index (χ1v) is 7.26. The molecule has 6 nitrogen and oxygen atoms in total.